The second kappa shape index (κ2) is 13.9. The van der Waals surface area contributed by atoms with E-state index in [4.69, 9.17) is 0 Å². The van der Waals surface area contributed by atoms with Crippen molar-refractivity contribution in [2.75, 3.05) is 11.5 Å². The minimum atomic E-state index is 0.360. The lowest BCUT2D eigenvalue weighted by Crippen LogP contribution is -1.90. The Labute approximate surface area is 164 Å². The van der Waals surface area contributed by atoms with Crippen LogP contribution in [0, 0.1) is 12.8 Å². The first-order valence-electron chi connectivity index (χ1n) is 10.1. The second-order valence-electron chi connectivity index (χ2n) is 7.10. The number of ketones is 1. The van der Waals surface area contributed by atoms with E-state index < -0.39 is 0 Å². The lowest BCUT2D eigenvalue weighted by molar-refractivity contribution is -0.117. The zero-order valence-corrected chi connectivity index (χ0v) is 17.6. The summed E-state index contributed by atoms with van der Waals surface area (Å²) in [6.07, 6.45) is 12.9. The van der Waals surface area contributed by atoms with Gasteiger partial charge in [0.15, 0.2) is 0 Å². The summed E-state index contributed by atoms with van der Waals surface area (Å²) in [5.41, 5.74) is 2.18. The zero-order chi connectivity index (χ0) is 19.2. The largest absolute Gasteiger partial charge is 0.508 e. The van der Waals surface area contributed by atoms with Crippen molar-refractivity contribution < 1.29 is 9.90 Å². The molecule has 1 aromatic rings. The molecule has 1 aliphatic carbocycles. The van der Waals surface area contributed by atoms with Crippen LogP contribution in [0.3, 0.4) is 0 Å². The molecule has 2 nitrogen and oxygen atoms in total. The van der Waals surface area contributed by atoms with Crippen LogP contribution in [-0.4, -0.2) is 22.4 Å². The molecule has 0 bridgehead atoms. The third kappa shape index (κ3) is 10.1. The fraction of sp³-hybridized carbons (Fsp3) is 0.609. The number of unbranched alkanes of at least 4 members (excludes halogenated alkanes) is 1. The fourth-order valence-electron chi connectivity index (χ4n) is 2.91. The quantitative estimate of drug-likeness (QED) is 0.395. The van der Waals surface area contributed by atoms with Gasteiger partial charge >= 0.3 is 0 Å². The number of phenols is 1. The average molecular weight is 377 g/mol. The fourth-order valence-corrected chi connectivity index (χ4v) is 3.90. The van der Waals surface area contributed by atoms with E-state index in [-0.39, 0.29) is 0 Å². The van der Waals surface area contributed by atoms with Crippen LogP contribution in [0.1, 0.15) is 69.9 Å². The standard InChI is InChI=1S/C16H20O2.C7H16S/c1-12-10-13(7-9-16(12)18)4-2-3-5-14-6-8-15(17)11-14;1-3-5-7-8-6-4-2/h3,5,7,9-10,14,18H,2,4,6,8,11H2,1H3;3-7H2,1-2H3/b5-3+;. The molecule has 1 fully saturated rings. The van der Waals surface area contributed by atoms with Crippen molar-refractivity contribution in [2.45, 2.75) is 72.1 Å². The summed E-state index contributed by atoms with van der Waals surface area (Å²) in [6, 6.07) is 5.75. The molecule has 2 rings (SSSR count). The maximum atomic E-state index is 11.1. The molecule has 0 spiro atoms. The lowest BCUT2D eigenvalue weighted by atomic mass is 10.0. The molecule has 3 heteroatoms. The number of aryl methyl sites for hydroxylation is 2. The molecule has 1 atom stereocenters. The Balaban J connectivity index is 0.000000359. The van der Waals surface area contributed by atoms with Gasteiger partial charge in [-0.1, -0.05) is 44.6 Å². The highest BCUT2D eigenvalue weighted by Gasteiger charge is 2.18. The number of phenolic OH excluding ortho intramolecular Hbond substituents is 1. The number of hydrogen-bond acceptors (Lipinski definition) is 3. The summed E-state index contributed by atoms with van der Waals surface area (Å²) in [5.74, 6) is 3.95. The maximum Gasteiger partial charge on any atom is 0.133 e. The first-order chi connectivity index (χ1) is 12.6. The SMILES string of the molecule is CCCCSCCC.Cc1cc(CC/C=C/C2CCC(=O)C2)ccc1O. The molecule has 1 saturated carbocycles. The van der Waals surface area contributed by atoms with Crippen LogP contribution in [0.5, 0.6) is 5.75 Å². The topological polar surface area (TPSA) is 37.3 Å². The minimum Gasteiger partial charge on any atom is -0.508 e. The highest BCUT2D eigenvalue weighted by atomic mass is 32.2. The van der Waals surface area contributed by atoms with E-state index in [1.165, 1.54) is 36.3 Å². The molecule has 0 heterocycles. The van der Waals surface area contributed by atoms with Gasteiger partial charge in [-0.05, 0) is 73.6 Å². The van der Waals surface area contributed by atoms with E-state index >= 15 is 0 Å². The number of Topliss-reactive ketones (excluding diaryl/α,β-unsaturated/α-hetero) is 1. The molecule has 26 heavy (non-hydrogen) atoms. The highest BCUT2D eigenvalue weighted by Crippen LogP contribution is 2.23. The predicted molar refractivity (Wildman–Crippen MR) is 115 cm³/mol. The van der Waals surface area contributed by atoms with Crippen molar-refractivity contribution in [3.8, 4) is 5.75 Å². The van der Waals surface area contributed by atoms with Crippen molar-refractivity contribution in [1.29, 1.82) is 0 Å². The van der Waals surface area contributed by atoms with Gasteiger partial charge in [-0.25, -0.2) is 0 Å². The van der Waals surface area contributed by atoms with Crippen molar-refractivity contribution in [3.63, 3.8) is 0 Å². The number of carbonyl (C=O) groups is 1. The summed E-state index contributed by atoms with van der Waals surface area (Å²) in [5, 5.41) is 9.44. The molecule has 0 aliphatic heterocycles. The van der Waals surface area contributed by atoms with Gasteiger partial charge in [0.2, 0.25) is 0 Å². The zero-order valence-electron chi connectivity index (χ0n) is 16.8. The van der Waals surface area contributed by atoms with E-state index in [1.54, 1.807) is 6.07 Å². The van der Waals surface area contributed by atoms with Crippen LogP contribution in [0.2, 0.25) is 0 Å². The third-order valence-electron chi connectivity index (χ3n) is 4.54. The molecule has 1 unspecified atom stereocenters. The van der Waals surface area contributed by atoms with Gasteiger partial charge in [0.05, 0.1) is 0 Å². The molecule has 0 radical (unpaired) electrons. The second-order valence-corrected chi connectivity index (χ2v) is 8.32. The molecule has 146 valence electrons. The lowest BCUT2D eigenvalue weighted by Gasteiger charge is -2.03. The monoisotopic (exact) mass is 376 g/mol. The van der Waals surface area contributed by atoms with Gasteiger partial charge in [-0.2, -0.15) is 11.8 Å². The van der Waals surface area contributed by atoms with Gasteiger partial charge in [-0.15, -0.1) is 0 Å². The van der Waals surface area contributed by atoms with Crippen molar-refractivity contribution in [3.05, 3.63) is 41.5 Å². The Morgan fingerprint density at radius 1 is 1.23 bits per heavy atom. The van der Waals surface area contributed by atoms with Gasteiger partial charge in [-0.3, -0.25) is 4.79 Å². The van der Waals surface area contributed by atoms with E-state index in [0.717, 1.165) is 37.7 Å². The van der Waals surface area contributed by atoms with Crippen molar-refractivity contribution >= 4 is 17.5 Å². The van der Waals surface area contributed by atoms with Gasteiger partial charge in [0, 0.05) is 12.8 Å². The van der Waals surface area contributed by atoms with Crippen LogP contribution in [0.25, 0.3) is 0 Å². The van der Waals surface area contributed by atoms with Crippen LogP contribution >= 0.6 is 11.8 Å². The Kier molecular flexibility index (Phi) is 12.2. The molecule has 0 aromatic heterocycles. The Morgan fingerprint density at radius 3 is 2.65 bits per heavy atom. The van der Waals surface area contributed by atoms with Crippen molar-refractivity contribution in [2.24, 2.45) is 5.92 Å². The van der Waals surface area contributed by atoms with E-state index in [0.29, 0.717) is 17.5 Å². The van der Waals surface area contributed by atoms with Crippen LogP contribution in [0.15, 0.2) is 30.4 Å². The molecule has 1 aliphatic rings. The minimum absolute atomic E-state index is 0.360. The Hall–Kier alpha value is -1.22. The number of thioether (sulfide) groups is 1. The van der Waals surface area contributed by atoms with Crippen LogP contribution < -0.4 is 0 Å². The normalized spacial score (nSPS) is 16.7. The van der Waals surface area contributed by atoms with Gasteiger partial charge in [0.25, 0.3) is 0 Å². The van der Waals surface area contributed by atoms with Crippen LogP contribution in [0.4, 0.5) is 0 Å². The van der Waals surface area contributed by atoms with E-state index in [9.17, 15) is 9.90 Å². The molecular formula is C23H36O2S. The molecular weight excluding hydrogens is 340 g/mol. The van der Waals surface area contributed by atoms with Gasteiger partial charge < -0.3 is 5.11 Å². The summed E-state index contributed by atoms with van der Waals surface area (Å²) in [4.78, 5) is 11.1. The van der Waals surface area contributed by atoms with E-state index in [2.05, 4.69) is 37.8 Å². The number of aromatic hydroxyl groups is 1. The van der Waals surface area contributed by atoms with E-state index in [1.807, 2.05) is 19.1 Å². The average Bonchev–Trinajstić information content (AvgIpc) is 3.05. The maximum absolute atomic E-state index is 11.1. The highest BCUT2D eigenvalue weighted by molar-refractivity contribution is 7.99. The first-order valence-corrected chi connectivity index (χ1v) is 11.3. The van der Waals surface area contributed by atoms with Crippen molar-refractivity contribution in [1.82, 2.24) is 0 Å². The van der Waals surface area contributed by atoms with Gasteiger partial charge in [0.1, 0.15) is 11.5 Å². The first kappa shape index (κ1) is 22.8. The molecule has 0 saturated heterocycles. The van der Waals surface area contributed by atoms with Crippen LogP contribution in [-0.2, 0) is 11.2 Å². The molecule has 1 aromatic carbocycles. The Morgan fingerprint density at radius 2 is 2.04 bits per heavy atom. The molecule has 1 N–H and O–H groups in total. The third-order valence-corrected chi connectivity index (χ3v) is 5.82. The smallest absolute Gasteiger partial charge is 0.133 e. The number of hydrogen-bond donors (Lipinski definition) is 1. The number of allylic oxidation sites excluding steroid dienone is 2. The summed E-state index contributed by atoms with van der Waals surface area (Å²) >= 11 is 2.08. The molecule has 0 amide bonds. The predicted octanol–water partition coefficient (Wildman–Crippen LogP) is 6.49. The number of carbonyl (C=O) groups excluding carboxylic acids is 1. The Bertz CT molecular complexity index is 545. The summed E-state index contributed by atoms with van der Waals surface area (Å²) in [7, 11) is 0. The number of rotatable bonds is 9. The summed E-state index contributed by atoms with van der Waals surface area (Å²) in [6.45, 7) is 6.39. The number of benzene rings is 1. The summed E-state index contributed by atoms with van der Waals surface area (Å²) < 4.78 is 0.